The zero-order chi connectivity index (χ0) is 23.2. The molecule has 166 valence electrons. The third kappa shape index (κ3) is 7.62. The first kappa shape index (κ1) is 24.8. The Morgan fingerprint density at radius 2 is 1.65 bits per heavy atom. The van der Waals surface area contributed by atoms with E-state index in [1.165, 1.54) is 32.0 Å². The van der Waals surface area contributed by atoms with Crippen molar-refractivity contribution < 1.29 is 27.5 Å². The molecule has 0 bridgehead atoms. The van der Waals surface area contributed by atoms with Crippen LogP contribution in [0.5, 0.6) is 0 Å². The summed E-state index contributed by atoms with van der Waals surface area (Å²) in [5.41, 5.74) is 0.982. The summed E-state index contributed by atoms with van der Waals surface area (Å²) in [4.78, 5) is 35.0. The van der Waals surface area contributed by atoms with E-state index in [-0.39, 0.29) is 15.8 Å². The summed E-state index contributed by atoms with van der Waals surface area (Å²) in [6.07, 6.45) is -1.18. The first-order valence-corrected chi connectivity index (χ1v) is 11.5. The predicted molar refractivity (Wildman–Crippen MR) is 119 cm³/mol. The molecule has 0 aromatic heterocycles. The number of nitrogens with one attached hydrogen (secondary N) is 3. The third-order valence-corrected chi connectivity index (χ3v) is 6.12. The van der Waals surface area contributed by atoms with Gasteiger partial charge in [-0.1, -0.05) is 27.5 Å². The highest BCUT2D eigenvalue weighted by Crippen LogP contribution is 2.25. The number of carbonyl (C=O) groups is 3. The lowest BCUT2D eigenvalue weighted by atomic mass is 10.2. The highest BCUT2D eigenvalue weighted by molar-refractivity contribution is 9.10. The number of esters is 1. The number of sulfonamides is 1. The average Bonchev–Trinajstić information content (AvgIpc) is 2.67. The fourth-order valence-electron chi connectivity index (χ4n) is 2.30. The lowest BCUT2D eigenvalue weighted by Gasteiger charge is -2.14. The molecule has 0 spiro atoms. The Morgan fingerprint density at radius 3 is 2.19 bits per heavy atom. The summed E-state index contributed by atoms with van der Waals surface area (Å²) in [5.74, 6) is -1.78. The van der Waals surface area contributed by atoms with Crippen LogP contribution < -0.4 is 15.4 Å². The van der Waals surface area contributed by atoms with E-state index in [0.29, 0.717) is 15.8 Å². The molecule has 9 nitrogen and oxygen atoms in total. The second kappa shape index (κ2) is 10.7. The van der Waals surface area contributed by atoms with Crippen molar-refractivity contribution in [2.75, 3.05) is 17.2 Å². The number of anilines is 2. The fourth-order valence-corrected chi connectivity index (χ4v) is 4.31. The van der Waals surface area contributed by atoms with Crippen LogP contribution in [0.1, 0.15) is 13.8 Å². The van der Waals surface area contributed by atoms with E-state index < -0.39 is 34.5 Å². The van der Waals surface area contributed by atoms with Gasteiger partial charge in [0.2, 0.25) is 15.9 Å². The van der Waals surface area contributed by atoms with Crippen LogP contribution in [-0.4, -0.2) is 38.9 Å². The van der Waals surface area contributed by atoms with Crippen LogP contribution >= 0.6 is 27.5 Å². The molecule has 0 unspecified atom stereocenters. The van der Waals surface area contributed by atoms with Crippen LogP contribution in [0.4, 0.5) is 11.4 Å². The predicted octanol–water partition coefficient (Wildman–Crippen LogP) is 2.91. The molecule has 3 N–H and O–H groups in total. The maximum absolute atomic E-state index is 12.3. The van der Waals surface area contributed by atoms with Crippen molar-refractivity contribution in [1.82, 2.24) is 4.72 Å². The summed E-state index contributed by atoms with van der Waals surface area (Å²) >= 11 is 9.10. The molecule has 31 heavy (non-hydrogen) atoms. The standard InChI is InChI=1S/C19H19BrClN3O6S/c1-11(19(27)24-15-6-4-14(5-7-15)23-12(2)25)30-18(26)10-22-31(28,29)17-8-3-13(20)9-16(17)21/h3-9,11,22H,10H2,1-2H3,(H,23,25)(H,24,27)/t11-/m0/s1. The van der Waals surface area contributed by atoms with E-state index in [0.717, 1.165) is 0 Å². The Kier molecular flexibility index (Phi) is 8.57. The number of ether oxygens (including phenoxy) is 1. The first-order valence-electron chi connectivity index (χ1n) is 8.80. The van der Waals surface area contributed by atoms with Gasteiger partial charge < -0.3 is 15.4 Å². The van der Waals surface area contributed by atoms with Crippen LogP contribution in [-0.2, 0) is 29.1 Å². The lowest BCUT2D eigenvalue weighted by molar-refractivity contribution is -0.151. The Morgan fingerprint density at radius 1 is 1.06 bits per heavy atom. The zero-order valence-electron chi connectivity index (χ0n) is 16.4. The topological polar surface area (TPSA) is 131 Å². The summed E-state index contributed by atoms with van der Waals surface area (Å²) in [6, 6.07) is 10.5. The highest BCUT2D eigenvalue weighted by Gasteiger charge is 2.22. The maximum atomic E-state index is 12.3. The van der Waals surface area contributed by atoms with Crippen LogP contribution in [0, 0.1) is 0 Å². The Hall–Kier alpha value is -2.47. The quantitative estimate of drug-likeness (QED) is 0.448. The molecule has 12 heteroatoms. The largest absolute Gasteiger partial charge is 0.452 e. The second-order valence-electron chi connectivity index (χ2n) is 6.28. The molecule has 0 fully saturated rings. The van der Waals surface area contributed by atoms with Crippen molar-refractivity contribution in [3.05, 3.63) is 52.0 Å². The SMILES string of the molecule is CC(=O)Nc1ccc(NC(=O)[C@H](C)OC(=O)CNS(=O)(=O)c2ccc(Br)cc2Cl)cc1. The first-order chi connectivity index (χ1) is 14.5. The number of amides is 2. The van der Waals surface area contributed by atoms with Gasteiger partial charge in [0, 0.05) is 22.8 Å². The smallest absolute Gasteiger partial charge is 0.321 e. The van der Waals surface area contributed by atoms with Crippen molar-refractivity contribution >= 4 is 66.7 Å². The number of hydrogen-bond donors (Lipinski definition) is 3. The van der Waals surface area contributed by atoms with Crippen molar-refractivity contribution in [3.63, 3.8) is 0 Å². The minimum atomic E-state index is -4.05. The molecule has 1 atom stereocenters. The number of halogens is 2. The summed E-state index contributed by atoms with van der Waals surface area (Å²) in [6.45, 7) is 2.04. The minimum absolute atomic E-state index is 0.0208. The van der Waals surface area contributed by atoms with E-state index in [1.54, 1.807) is 24.3 Å². The van der Waals surface area contributed by atoms with Gasteiger partial charge in [-0.05, 0) is 49.4 Å². The molecule has 0 saturated carbocycles. The molecule has 0 aliphatic rings. The van der Waals surface area contributed by atoms with E-state index in [4.69, 9.17) is 16.3 Å². The Balaban J connectivity index is 1.88. The zero-order valence-corrected chi connectivity index (χ0v) is 19.6. The highest BCUT2D eigenvalue weighted by atomic mass is 79.9. The fraction of sp³-hybridized carbons (Fsp3) is 0.211. The van der Waals surface area contributed by atoms with Crippen molar-refractivity contribution in [1.29, 1.82) is 0 Å². The van der Waals surface area contributed by atoms with Crippen LogP contribution in [0.25, 0.3) is 0 Å². The number of benzene rings is 2. The Bertz CT molecular complexity index is 1090. The average molecular weight is 533 g/mol. The minimum Gasteiger partial charge on any atom is -0.452 e. The van der Waals surface area contributed by atoms with Gasteiger partial charge in [0.15, 0.2) is 6.10 Å². The molecule has 0 aliphatic carbocycles. The van der Waals surface area contributed by atoms with Gasteiger partial charge >= 0.3 is 5.97 Å². The van der Waals surface area contributed by atoms with Crippen LogP contribution in [0.15, 0.2) is 51.8 Å². The van der Waals surface area contributed by atoms with Crippen molar-refractivity contribution in [3.8, 4) is 0 Å². The van der Waals surface area contributed by atoms with Gasteiger partial charge in [-0.3, -0.25) is 14.4 Å². The monoisotopic (exact) mass is 531 g/mol. The van der Waals surface area contributed by atoms with Gasteiger partial charge in [-0.25, -0.2) is 8.42 Å². The number of hydrogen-bond acceptors (Lipinski definition) is 6. The normalized spacial score (nSPS) is 12.0. The summed E-state index contributed by atoms with van der Waals surface area (Å²) in [7, 11) is -4.05. The van der Waals surface area contributed by atoms with Gasteiger partial charge in [-0.15, -0.1) is 0 Å². The molecule has 0 aliphatic heterocycles. The lowest BCUT2D eigenvalue weighted by Crippen LogP contribution is -2.35. The molecule has 0 radical (unpaired) electrons. The van der Waals surface area contributed by atoms with E-state index in [2.05, 4.69) is 31.3 Å². The van der Waals surface area contributed by atoms with E-state index >= 15 is 0 Å². The van der Waals surface area contributed by atoms with Gasteiger partial charge in [0.05, 0.1) is 5.02 Å². The number of rotatable bonds is 8. The van der Waals surface area contributed by atoms with E-state index in [9.17, 15) is 22.8 Å². The van der Waals surface area contributed by atoms with Crippen molar-refractivity contribution in [2.45, 2.75) is 24.8 Å². The van der Waals surface area contributed by atoms with Gasteiger partial charge in [-0.2, -0.15) is 4.72 Å². The molecule has 2 aromatic rings. The molecular formula is C19H19BrClN3O6S. The summed E-state index contributed by atoms with van der Waals surface area (Å²) < 4.78 is 32.2. The molecule has 2 aromatic carbocycles. The number of carbonyl (C=O) groups excluding carboxylic acids is 3. The summed E-state index contributed by atoms with van der Waals surface area (Å²) in [5, 5.41) is 5.12. The third-order valence-electron chi connectivity index (χ3n) is 3.74. The molecular weight excluding hydrogens is 514 g/mol. The second-order valence-corrected chi connectivity index (χ2v) is 9.34. The molecule has 2 rings (SSSR count). The van der Waals surface area contributed by atoms with Gasteiger partial charge in [0.25, 0.3) is 5.91 Å². The maximum Gasteiger partial charge on any atom is 0.321 e. The molecule has 0 saturated heterocycles. The van der Waals surface area contributed by atoms with Gasteiger partial charge in [0.1, 0.15) is 11.4 Å². The van der Waals surface area contributed by atoms with E-state index in [1.807, 2.05) is 0 Å². The molecule has 2 amide bonds. The Labute approximate surface area is 192 Å². The van der Waals surface area contributed by atoms with Crippen LogP contribution in [0.2, 0.25) is 5.02 Å². The molecule has 0 heterocycles. The van der Waals surface area contributed by atoms with Crippen molar-refractivity contribution in [2.24, 2.45) is 0 Å². The van der Waals surface area contributed by atoms with Crippen LogP contribution in [0.3, 0.4) is 0 Å².